The highest BCUT2D eigenvalue weighted by molar-refractivity contribution is 7.90. The van der Waals surface area contributed by atoms with Crippen molar-refractivity contribution >= 4 is 9.84 Å². The van der Waals surface area contributed by atoms with Crippen LogP contribution in [0.5, 0.6) is 11.5 Å². The van der Waals surface area contributed by atoms with E-state index < -0.39 is 9.84 Å². The molecule has 24 heavy (non-hydrogen) atoms. The molecule has 0 saturated heterocycles. The number of hydrogen-bond acceptors (Lipinski definition) is 5. The summed E-state index contributed by atoms with van der Waals surface area (Å²) in [5.41, 5.74) is 1.94. The first-order valence-electron chi connectivity index (χ1n) is 6.99. The second-order valence-electron chi connectivity index (χ2n) is 5.14. The van der Waals surface area contributed by atoms with Crippen LogP contribution in [0.15, 0.2) is 59.6 Å². The number of sulfone groups is 1. The van der Waals surface area contributed by atoms with E-state index in [1.165, 1.54) is 18.3 Å². The predicted molar refractivity (Wildman–Crippen MR) is 88.4 cm³/mol. The van der Waals surface area contributed by atoms with E-state index in [9.17, 15) is 8.42 Å². The largest absolute Gasteiger partial charge is 0.453 e. The third-order valence-corrected chi connectivity index (χ3v) is 4.52. The van der Waals surface area contributed by atoms with Gasteiger partial charge in [0.15, 0.2) is 15.6 Å². The van der Waals surface area contributed by atoms with Gasteiger partial charge < -0.3 is 4.74 Å². The van der Waals surface area contributed by atoms with E-state index in [2.05, 4.69) is 10.2 Å². The van der Waals surface area contributed by atoms with Gasteiger partial charge in [0.2, 0.25) is 0 Å². The molecule has 0 fully saturated rings. The molecule has 0 radical (unpaired) electrons. The minimum atomic E-state index is -3.24. The number of benzene rings is 2. The molecule has 2 aromatic carbocycles. The van der Waals surface area contributed by atoms with Gasteiger partial charge in [-0.2, -0.15) is 10.4 Å². The van der Waals surface area contributed by atoms with E-state index in [4.69, 9.17) is 10.00 Å². The number of hydrogen-bond donors (Lipinski definition) is 1. The van der Waals surface area contributed by atoms with E-state index in [0.717, 1.165) is 11.8 Å². The van der Waals surface area contributed by atoms with Gasteiger partial charge in [-0.1, -0.05) is 12.1 Å². The van der Waals surface area contributed by atoms with Gasteiger partial charge in [-0.3, -0.25) is 5.10 Å². The Morgan fingerprint density at radius 3 is 2.33 bits per heavy atom. The minimum absolute atomic E-state index is 0.250. The Bertz CT molecular complexity index is 998. The zero-order valence-electron chi connectivity index (χ0n) is 12.7. The minimum Gasteiger partial charge on any atom is -0.453 e. The van der Waals surface area contributed by atoms with Crippen LogP contribution in [0.3, 0.4) is 0 Å². The Morgan fingerprint density at radius 2 is 1.75 bits per heavy atom. The van der Waals surface area contributed by atoms with Gasteiger partial charge in [-0.15, -0.1) is 0 Å². The molecule has 3 rings (SSSR count). The van der Waals surface area contributed by atoms with E-state index in [-0.39, 0.29) is 4.90 Å². The number of H-pyrrole nitrogens is 1. The van der Waals surface area contributed by atoms with Crippen molar-refractivity contribution in [2.75, 3.05) is 6.26 Å². The van der Waals surface area contributed by atoms with Gasteiger partial charge in [-0.05, 0) is 36.4 Å². The standard InChI is InChI=1S/C17H13N3O3S/c1-24(21,22)15-8-4-13(5-9-15)17-16(11-19-20-17)23-14-6-2-12(10-18)3-7-14/h2-9,11H,1H3,(H,19,20). The van der Waals surface area contributed by atoms with Crippen molar-refractivity contribution in [3.8, 4) is 28.8 Å². The van der Waals surface area contributed by atoms with Crippen LogP contribution in [0.2, 0.25) is 0 Å². The van der Waals surface area contributed by atoms with E-state index in [1.54, 1.807) is 36.4 Å². The van der Waals surface area contributed by atoms with Gasteiger partial charge in [-0.25, -0.2) is 8.42 Å². The Morgan fingerprint density at radius 1 is 1.08 bits per heavy atom. The molecule has 3 aromatic rings. The Labute approximate surface area is 139 Å². The third kappa shape index (κ3) is 3.29. The molecule has 1 aromatic heterocycles. The summed E-state index contributed by atoms with van der Waals surface area (Å²) >= 11 is 0. The molecule has 0 unspecified atom stereocenters. The van der Waals surface area contributed by atoms with Gasteiger partial charge in [0.05, 0.1) is 22.7 Å². The van der Waals surface area contributed by atoms with Crippen LogP contribution < -0.4 is 4.74 Å². The summed E-state index contributed by atoms with van der Waals surface area (Å²) in [5, 5.41) is 15.6. The summed E-state index contributed by atoms with van der Waals surface area (Å²) in [6.07, 6.45) is 2.70. The Balaban J connectivity index is 1.88. The molecule has 0 aliphatic heterocycles. The second-order valence-corrected chi connectivity index (χ2v) is 7.16. The number of rotatable bonds is 4. The number of aromatic nitrogens is 2. The van der Waals surface area contributed by atoms with Gasteiger partial charge >= 0.3 is 0 Å². The topological polar surface area (TPSA) is 95.8 Å². The molecular weight excluding hydrogens is 326 g/mol. The van der Waals surface area contributed by atoms with Crippen LogP contribution in [0.4, 0.5) is 0 Å². The SMILES string of the molecule is CS(=O)(=O)c1ccc(-c2[nH]ncc2Oc2ccc(C#N)cc2)cc1. The predicted octanol–water partition coefficient (Wildman–Crippen LogP) is 3.14. The highest BCUT2D eigenvalue weighted by Crippen LogP contribution is 2.31. The van der Waals surface area contributed by atoms with Crippen molar-refractivity contribution in [2.45, 2.75) is 4.90 Å². The molecule has 0 aliphatic carbocycles. The summed E-state index contributed by atoms with van der Waals surface area (Å²) in [6, 6.07) is 15.2. The summed E-state index contributed by atoms with van der Waals surface area (Å²) in [4.78, 5) is 0.250. The number of ether oxygens (including phenoxy) is 1. The van der Waals surface area contributed by atoms with Crippen LogP contribution in [-0.4, -0.2) is 24.9 Å². The first-order valence-corrected chi connectivity index (χ1v) is 8.88. The van der Waals surface area contributed by atoms with Crippen molar-refractivity contribution in [3.63, 3.8) is 0 Å². The fraction of sp³-hybridized carbons (Fsp3) is 0.0588. The lowest BCUT2D eigenvalue weighted by Crippen LogP contribution is -1.96. The number of nitrogens with zero attached hydrogens (tertiary/aromatic N) is 2. The maximum atomic E-state index is 11.5. The van der Waals surface area contributed by atoms with Crippen molar-refractivity contribution in [1.82, 2.24) is 10.2 Å². The molecule has 7 heteroatoms. The fourth-order valence-corrected chi connectivity index (χ4v) is 2.78. The van der Waals surface area contributed by atoms with Crippen molar-refractivity contribution < 1.29 is 13.2 Å². The maximum absolute atomic E-state index is 11.5. The summed E-state index contributed by atoms with van der Waals surface area (Å²) in [7, 11) is -3.24. The molecule has 1 heterocycles. The van der Waals surface area contributed by atoms with Gasteiger partial charge in [0.25, 0.3) is 0 Å². The highest BCUT2D eigenvalue weighted by Gasteiger charge is 2.12. The molecule has 120 valence electrons. The average molecular weight is 339 g/mol. The van der Waals surface area contributed by atoms with Crippen LogP contribution >= 0.6 is 0 Å². The zero-order chi connectivity index (χ0) is 17.2. The Kier molecular flexibility index (Phi) is 4.06. The summed E-state index contributed by atoms with van der Waals surface area (Å²) in [5.74, 6) is 1.08. The monoisotopic (exact) mass is 339 g/mol. The molecule has 0 amide bonds. The molecule has 0 saturated carbocycles. The lowest BCUT2D eigenvalue weighted by Gasteiger charge is -2.07. The number of aromatic amines is 1. The smallest absolute Gasteiger partial charge is 0.175 e. The molecular formula is C17H13N3O3S. The van der Waals surface area contributed by atoms with Crippen LogP contribution in [-0.2, 0) is 9.84 Å². The maximum Gasteiger partial charge on any atom is 0.175 e. The molecule has 0 aliphatic rings. The van der Waals surface area contributed by atoms with Crippen molar-refractivity contribution in [3.05, 3.63) is 60.3 Å². The highest BCUT2D eigenvalue weighted by atomic mass is 32.2. The number of nitrogens with one attached hydrogen (secondary N) is 1. The van der Waals surface area contributed by atoms with Crippen LogP contribution in [0.1, 0.15) is 5.56 Å². The molecule has 0 bridgehead atoms. The van der Waals surface area contributed by atoms with E-state index >= 15 is 0 Å². The second kappa shape index (κ2) is 6.18. The van der Waals surface area contributed by atoms with Crippen LogP contribution in [0.25, 0.3) is 11.3 Å². The Hall–Kier alpha value is -3.11. The van der Waals surface area contributed by atoms with E-state index in [0.29, 0.717) is 22.8 Å². The quantitative estimate of drug-likeness (QED) is 0.788. The first-order chi connectivity index (χ1) is 11.5. The van der Waals surface area contributed by atoms with Gasteiger partial charge in [0, 0.05) is 11.8 Å². The number of nitriles is 1. The molecule has 6 nitrogen and oxygen atoms in total. The first kappa shape index (κ1) is 15.8. The lowest BCUT2D eigenvalue weighted by atomic mass is 10.1. The summed E-state index contributed by atoms with van der Waals surface area (Å²) < 4.78 is 28.8. The molecule has 0 atom stereocenters. The molecule has 1 N–H and O–H groups in total. The van der Waals surface area contributed by atoms with Crippen LogP contribution in [0, 0.1) is 11.3 Å². The normalized spacial score (nSPS) is 11.0. The molecule has 0 spiro atoms. The van der Waals surface area contributed by atoms with Crippen molar-refractivity contribution in [1.29, 1.82) is 5.26 Å². The summed E-state index contributed by atoms with van der Waals surface area (Å²) in [6.45, 7) is 0. The van der Waals surface area contributed by atoms with Crippen molar-refractivity contribution in [2.24, 2.45) is 0 Å². The fourth-order valence-electron chi connectivity index (χ4n) is 2.15. The van der Waals surface area contributed by atoms with Gasteiger partial charge in [0.1, 0.15) is 11.4 Å². The zero-order valence-corrected chi connectivity index (χ0v) is 13.5. The van der Waals surface area contributed by atoms with E-state index in [1.807, 2.05) is 6.07 Å². The lowest BCUT2D eigenvalue weighted by molar-refractivity contribution is 0.484. The third-order valence-electron chi connectivity index (χ3n) is 3.39. The average Bonchev–Trinajstić information content (AvgIpc) is 3.03.